The van der Waals surface area contributed by atoms with Gasteiger partial charge >= 0.3 is 12.3 Å². The molecule has 0 rings (SSSR count). The van der Waals surface area contributed by atoms with E-state index in [2.05, 4.69) is 17.0 Å². The van der Waals surface area contributed by atoms with Gasteiger partial charge in [-0.2, -0.15) is 8.78 Å². The normalized spacial score (nSPS) is 12.4. The van der Waals surface area contributed by atoms with E-state index in [0.717, 1.165) is 25.8 Å². The smallest absolute Gasteiger partial charge is 0.330 e. The predicted octanol–water partition coefficient (Wildman–Crippen LogP) is 2.68. The van der Waals surface area contributed by atoms with Gasteiger partial charge in [0.15, 0.2) is 0 Å². The van der Waals surface area contributed by atoms with E-state index in [1.807, 2.05) is 0 Å². The monoisotopic (exact) mass is 245 g/mol. The van der Waals surface area contributed by atoms with E-state index in [4.69, 9.17) is 0 Å². The summed E-state index contributed by atoms with van der Waals surface area (Å²) in [5.74, 6) is -4.04. The lowest BCUT2D eigenvalue weighted by atomic mass is 10.2. The first kappa shape index (κ1) is 15.6. The first-order valence-electron chi connectivity index (χ1n) is 5.45. The lowest BCUT2D eigenvalue weighted by Gasteiger charge is -2.15. The second kappa shape index (κ2) is 8.75. The van der Waals surface area contributed by atoms with Crippen molar-refractivity contribution >= 4 is 0 Å². The van der Waals surface area contributed by atoms with Gasteiger partial charge in [0.1, 0.15) is 6.61 Å². The van der Waals surface area contributed by atoms with Gasteiger partial charge in [0, 0.05) is 6.54 Å². The zero-order valence-electron chi connectivity index (χ0n) is 9.45. The molecular formula is C10H19F4NO. The molecule has 0 bridgehead atoms. The van der Waals surface area contributed by atoms with E-state index in [0.29, 0.717) is 6.54 Å². The third-order valence-corrected chi connectivity index (χ3v) is 1.99. The summed E-state index contributed by atoms with van der Waals surface area (Å²) in [6.07, 6.45) is -0.426. The molecule has 0 atom stereocenters. The Bertz CT molecular complexity index is 167. The van der Waals surface area contributed by atoms with Crippen LogP contribution in [0.5, 0.6) is 0 Å². The molecule has 16 heavy (non-hydrogen) atoms. The Morgan fingerprint density at radius 2 is 1.88 bits per heavy atom. The molecule has 6 heteroatoms. The van der Waals surface area contributed by atoms with Gasteiger partial charge in [-0.1, -0.05) is 19.8 Å². The van der Waals surface area contributed by atoms with Crippen LogP contribution in [0.15, 0.2) is 0 Å². The molecule has 0 aromatic carbocycles. The van der Waals surface area contributed by atoms with Crippen molar-refractivity contribution in [1.29, 1.82) is 0 Å². The maximum atomic E-state index is 12.3. The van der Waals surface area contributed by atoms with Crippen LogP contribution in [-0.4, -0.2) is 38.7 Å². The van der Waals surface area contributed by atoms with Gasteiger partial charge in [-0.25, -0.2) is 8.78 Å². The van der Waals surface area contributed by atoms with Crippen molar-refractivity contribution in [2.45, 2.75) is 38.5 Å². The highest BCUT2D eigenvalue weighted by Gasteiger charge is 2.40. The minimum Gasteiger partial charge on any atom is -0.374 e. The van der Waals surface area contributed by atoms with Gasteiger partial charge < -0.3 is 10.1 Å². The van der Waals surface area contributed by atoms with Crippen LogP contribution in [0.25, 0.3) is 0 Å². The Labute approximate surface area is 93.3 Å². The molecule has 0 aliphatic rings. The summed E-state index contributed by atoms with van der Waals surface area (Å²) in [6, 6.07) is 0. The fraction of sp³-hybridized carbons (Fsp3) is 1.00. The van der Waals surface area contributed by atoms with Gasteiger partial charge in [-0.15, -0.1) is 0 Å². The average molecular weight is 245 g/mol. The summed E-state index contributed by atoms with van der Waals surface area (Å²) < 4.78 is 52.5. The summed E-state index contributed by atoms with van der Waals surface area (Å²) in [5, 5.41) is 2.98. The number of alkyl halides is 4. The Kier molecular flexibility index (Phi) is 8.56. The summed E-state index contributed by atoms with van der Waals surface area (Å²) in [6.45, 7) is 2.08. The van der Waals surface area contributed by atoms with Crippen LogP contribution in [0.1, 0.15) is 26.2 Å². The predicted molar refractivity (Wildman–Crippen MR) is 54.2 cm³/mol. The van der Waals surface area contributed by atoms with Crippen molar-refractivity contribution in [1.82, 2.24) is 5.32 Å². The quantitative estimate of drug-likeness (QED) is 0.472. The standard InChI is InChI=1S/C10H19F4NO/c1-2-3-4-5-15-6-7-16-8-10(13,14)9(11)12/h9,15H,2-8H2,1H3. The first-order chi connectivity index (χ1) is 7.50. The molecule has 1 N–H and O–H groups in total. The number of ether oxygens (including phenoxy) is 1. The van der Waals surface area contributed by atoms with Crippen molar-refractivity contribution < 1.29 is 22.3 Å². The molecule has 0 amide bonds. The number of nitrogens with one attached hydrogen (secondary N) is 1. The van der Waals surface area contributed by atoms with E-state index >= 15 is 0 Å². The molecular weight excluding hydrogens is 226 g/mol. The maximum Gasteiger partial charge on any atom is 0.330 e. The molecule has 0 aromatic heterocycles. The molecule has 0 radical (unpaired) electrons. The highest BCUT2D eigenvalue weighted by molar-refractivity contribution is 4.67. The van der Waals surface area contributed by atoms with Gasteiger partial charge in [-0.3, -0.25) is 0 Å². The van der Waals surface area contributed by atoms with Gasteiger partial charge in [0.25, 0.3) is 0 Å². The lowest BCUT2D eigenvalue weighted by Crippen LogP contribution is -2.33. The number of hydrogen-bond acceptors (Lipinski definition) is 2. The molecule has 0 saturated carbocycles. The van der Waals surface area contributed by atoms with Gasteiger partial charge in [0.2, 0.25) is 0 Å². The van der Waals surface area contributed by atoms with Crippen molar-refractivity contribution in [2.24, 2.45) is 0 Å². The molecule has 0 spiro atoms. The summed E-state index contributed by atoms with van der Waals surface area (Å²) in [5.41, 5.74) is 0. The number of hydrogen-bond donors (Lipinski definition) is 1. The molecule has 2 nitrogen and oxygen atoms in total. The zero-order valence-corrected chi connectivity index (χ0v) is 9.45. The number of halogens is 4. The molecule has 0 aliphatic heterocycles. The van der Waals surface area contributed by atoms with Crippen LogP contribution in [0.4, 0.5) is 17.6 Å². The van der Waals surface area contributed by atoms with Crippen LogP contribution in [0.3, 0.4) is 0 Å². The van der Waals surface area contributed by atoms with Crippen molar-refractivity contribution in [3.63, 3.8) is 0 Å². The van der Waals surface area contributed by atoms with Gasteiger partial charge in [-0.05, 0) is 13.0 Å². The second-order valence-electron chi connectivity index (χ2n) is 3.57. The molecule has 0 aliphatic carbocycles. The Morgan fingerprint density at radius 1 is 1.19 bits per heavy atom. The van der Waals surface area contributed by atoms with E-state index in [1.165, 1.54) is 0 Å². The van der Waals surface area contributed by atoms with Crippen LogP contribution in [-0.2, 0) is 4.74 Å². The van der Waals surface area contributed by atoms with Crippen molar-refractivity contribution in [3.05, 3.63) is 0 Å². The van der Waals surface area contributed by atoms with E-state index in [-0.39, 0.29) is 6.61 Å². The number of unbranched alkanes of at least 4 members (excludes halogenated alkanes) is 2. The first-order valence-corrected chi connectivity index (χ1v) is 5.45. The van der Waals surface area contributed by atoms with E-state index in [9.17, 15) is 17.6 Å². The Morgan fingerprint density at radius 3 is 2.44 bits per heavy atom. The molecule has 0 fully saturated rings. The van der Waals surface area contributed by atoms with Gasteiger partial charge in [0.05, 0.1) is 6.61 Å². The summed E-state index contributed by atoms with van der Waals surface area (Å²) in [4.78, 5) is 0. The Hall–Kier alpha value is -0.360. The minimum atomic E-state index is -4.04. The highest BCUT2D eigenvalue weighted by Crippen LogP contribution is 2.22. The second-order valence-corrected chi connectivity index (χ2v) is 3.57. The topological polar surface area (TPSA) is 21.3 Å². The fourth-order valence-corrected chi connectivity index (χ4v) is 1.04. The Balaban J connectivity index is 3.27. The van der Waals surface area contributed by atoms with E-state index < -0.39 is 19.0 Å². The maximum absolute atomic E-state index is 12.3. The molecule has 0 saturated heterocycles. The van der Waals surface area contributed by atoms with Crippen LogP contribution in [0, 0.1) is 0 Å². The lowest BCUT2D eigenvalue weighted by molar-refractivity contribution is -0.165. The zero-order chi connectivity index (χ0) is 12.4. The third-order valence-electron chi connectivity index (χ3n) is 1.99. The van der Waals surface area contributed by atoms with E-state index in [1.54, 1.807) is 0 Å². The van der Waals surface area contributed by atoms with Crippen LogP contribution in [0.2, 0.25) is 0 Å². The van der Waals surface area contributed by atoms with Crippen LogP contribution >= 0.6 is 0 Å². The summed E-state index contributed by atoms with van der Waals surface area (Å²) >= 11 is 0. The molecule has 98 valence electrons. The average Bonchev–Trinajstić information content (AvgIpc) is 2.21. The van der Waals surface area contributed by atoms with Crippen LogP contribution < -0.4 is 5.32 Å². The SMILES string of the molecule is CCCCCNCCOCC(F)(F)C(F)F. The van der Waals surface area contributed by atoms with Crippen molar-refractivity contribution in [2.75, 3.05) is 26.3 Å². The third kappa shape index (κ3) is 7.87. The highest BCUT2D eigenvalue weighted by atomic mass is 19.3. The number of rotatable bonds is 10. The fourth-order valence-electron chi connectivity index (χ4n) is 1.04. The molecule has 0 aromatic rings. The molecule has 0 unspecified atom stereocenters. The molecule has 0 heterocycles. The largest absolute Gasteiger partial charge is 0.374 e. The van der Waals surface area contributed by atoms with Crippen molar-refractivity contribution in [3.8, 4) is 0 Å². The summed E-state index contributed by atoms with van der Waals surface area (Å²) in [7, 11) is 0. The minimum absolute atomic E-state index is 0.0223.